The molecule has 0 radical (unpaired) electrons. The van der Waals surface area contributed by atoms with Crippen LogP contribution < -0.4 is 0 Å². The highest BCUT2D eigenvalue weighted by Crippen LogP contribution is 2.12. The van der Waals surface area contributed by atoms with Crippen LogP contribution in [0.25, 0.3) is 0 Å². The summed E-state index contributed by atoms with van der Waals surface area (Å²) in [5, 5.41) is 0. The second-order valence-electron chi connectivity index (χ2n) is 2.70. The van der Waals surface area contributed by atoms with Gasteiger partial charge in [0.2, 0.25) is 0 Å². The smallest absolute Gasteiger partial charge is 0.187 e. The lowest BCUT2D eigenvalue weighted by Crippen LogP contribution is -2.30. The Morgan fingerprint density at radius 1 is 1.54 bits per heavy atom. The molecule has 0 aromatic carbocycles. The summed E-state index contributed by atoms with van der Waals surface area (Å²) in [6.45, 7) is 0. The van der Waals surface area contributed by atoms with E-state index in [2.05, 4.69) is 9.98 Å². The summed E-state index contributed by atoms with van der Waals surface area (Å²) < 4.78 is 4.97. The number of fused-ring (bicyclic) bond motifs is 1. The monoisotopic (exact) mass is 176 g/mol. The molecule has 4 heteroatoms. The lowest BCUT2D eigenvalue weighted by atomic mass is 10.0. The maximum Gasteiger partial charge on any atom is 0.187 e. The second-order valence-corrected chi connectivity index (χ2v) is 2.70. The highest BCUT2D eigenvalue weighted by molar-refractivity contribution is 6.22. The third-order valence-corrected chi connectivity index (χ3v) is 1.89. The Morgan fingerprint density at radius 2 is 2.38 bits per heavy atom. The van der Waals surface area contributed by atoms with Crippen molar-refractivity contribution in [1.29, 1.82) is 0 Å². The van der Waals surface area contributed by atoms with Gasteiger partial charge in [0.1, 0.15) is 5.76 Å². The molecule has 1 unspecified atom stereocenters. The summed E-state index contributed by atoms with van der Waals surface area (Å²) in [5.41, 5.74) is 0.645. The number of nitrogens with zero attached hydrogens (tertiary/aromatic N) is 2. The molecule has 0 N–H and O–H groups in total. The molecule has 0 saturated heterocycles. The van der Waals surface area contributed by atoms with Gasteiger partial charge in [-0.3, -0.25) is 14.8 Å². The van der Waals surface area contributed by atoms with Gasteiger partial charge in [0.25, 0.3) is 0 Å². The highest BCUT2D eigenvalue weighted by Gasteiger charge is 2.25. The molecule has 0 aliphatic carbocycles. The number of allylic oxidation sites excluding steroid dienone is 1. The maximum atomic E-state index is 11.3. The van der Waals surface area contributed by atoms with E-state index in [0.717, 1.165) is 0 Å². The van der Waals surface area contributed by atoms with Crippen LogP contribution in [0, 0.1) is 0 Å². The van der Waals surface area contributed by atoms with Crippen LogP contribution in [-0.4, -0.2) is 30.9 Å². The van der Waals surface area contributed by atoms with E-state index in [1.165, 1.54) is 12.3 Å². The lowest BCUT2D eigenvalue weighted by Gasteiger charge is -2.16. The van der Waals surface area contributed by atoms with E-state index < -0.39 is 6.04 Å². The minimum Gasteiger partial charge on any atom is -0.495 e. The molecule has 13 heavy (non-hydrogen) atoms. The molecule has 2 aliphatic rings. The molecule has 2 heterocycles. The molecule has 0 fully saturated rings. The van der Waals surface area contributed by atoms with Crippen molar-refractivity contribution in [1.82, 2.24) is 0 Å². The van der Waals surface area contributed by atoms with Gasteiger partial charge in [0.15, 0.2) is 11.8 Å². The summed E-state index contributed by atoms with van der Waals surface area (Å²) in [5.74, 6) is 0.589. The number of hydrogen-bond donors (Lipinski definition) is 0. The van der Waals surface area contributed by atoms with Crippen molar-refractivity contribution in [3.05, 3.63) is 24.1 Å². The summed E-state index contributed by atoms with van der Waals surface area (Å²) in [6.07, 6.45) is 6.18. The average molecular weight is 176 g/mol. The van der Waals surface area contributed by atoms with E-state index in [4.69, 9.17) is 4.74 Å². The number of rotatable bonds is 1. The fourth-order valence-electron chi connectivity index (χ4n) is 1.21. The predicted molar refractivity (Wildman–Crippen MR) is 49.0 cm³/mol. The highest BCUT2D eigenvalue weighted by atomic mass is 16.5. The largest absolute Gasteiger partial charge is 0.495 e. The van der Waals surface area contributed by atoms with Crippen LogP contribution in [0.1, 0.15) is 0 Å². The third kappa shape index (κ3) is 1.30. The van der Waals surface area contributed by atoms with Crippen LogP contribution in [0.3, 0.4) is 0 Å². The fraction of sp³-hybridized carbons (Fsp3) is 0.222. The standard InChI is InChI=1S/C9H8N2O2/c1-13-6-4-7-9(11-5-6)8(12)2-3-10-7/h2-5,9H,1H3. The topological polar surface area (TPSA) is 51.0 Å². The zero-order valence-electron chi connectivity index (χ0n) is 7.10. The average Bonchev–Trinajstić information content (AvgIpc) is 2.18. The molecule has 0 spiro atoms. The van der Waals surface area contributed by atoms with Gasteiger partial charge in [-0.15, -0.1) is 0 Å². The van der Waals surface area contributed by atoms with E-state index in [1.54, 1.807) is 19.4 Å². The molecule has 4 nitrogen and oxygen atoms in total. The molecule has 0 amide bonds. The van der Waals surface area contributed by atoms with Crippen molar-refractivity contribution in [3.8, 4) is 0 Å². The van der Waals surface area contributed by atoms with Crippen LogP contribution >= 0.6 is 0 Å². The first kappa shape index (κ1) is 7.91. The van der Waals surface area contributed by atoms with Crippen molar-refractivity contribution in [2.24, 2.45) is 9.98 Å². The SMILES string of the molecule is COC1=CC2=NC=CC(=O)C2N=C1. The van der Waals surface area contributed by atoms with Crippen LogP contribution in [0.2, 0.25) is 0 Å². The predicted octanol–water partition coefficient (Wildman–Crippen LogP) is 0.507. The van der Waals surface area contributed by atoms with Crippen LogP contribution in [0.15, 0.2) is 34.1 Å². The molecule has 0 aromatic heterocycles. The van der Waals surface area contributed by atoms with Crippen molar-refractivity contribution >= 4 is 17.7 Å². The Morgan fingerprint density at radius 3 is 3.15 bits per heavy atom. The first-order chi connectivity index (χ1) is 6.31. The second kappa shape index (κ2) is 2.97. The Balaban J connectivity index is 2.36. The van der Waals surface area contributed by atoms with Gasteiger partial charge in [0.05, 0.1) is 19.0 Å². The zero-order valence-corrected chi connectivity index (χ0v) is 7.10. The van der Waals surface area contributed by atoms with Crippen LogP contribution in [0.5, 0.6) is 0 Å². The number of ketones is 1. The molecule has 0 bridgehead atoms. The van der Waals surface area contributed by atoms with Gasteiger partial charge < -0.3 is 4.74 Å². The Hall–Kier alpha value is -1.71. The number of methoxy groups -OCH3 is 1. The molecular formula is C9H8N2O2. The molecule has 0 saturated carbocycles. The quantitative estimate of drug-likeness (QED) is 0.584. The molecule has 0 aromatic rings. The van der Waals surface area contributed by atoms with Crippen LogP contribution in [0.4, 0.5) is 0 Å². The molecule has 2 rings (SSSR count). The minimum absolute atomic E-state index is 0.0346. The number of carbonyl (C=O) groups excluding carboxylic acids is 1. The fourth-order valence-corrected chi connectivity index (χ4v) is 1.21. The van der Waals surface area contributed by atoms with Gasteiger partial charge in [-0.1, -0.05) is 0 Å². The first-order valence-corrected chi connectivity index (χ1v) is 3.88. The molecular weight excluding hydrogens is 168 g/mol. The Bertz CT molecular complexity index is 364. The number of hydrogen-bond acceptors (Lipinski definition) is 4. The van der Waals surface area contributed by atoms with E-state index in [-0.39, 0.29) is 5.78 Å². The van der Waals surface area contributed by atoms with Gasteiger partial charge >= 0.3 is 0 Å². The summed E-state index contributed by atoms with van der Waals surface area (Å²) in [6, 6.07) is -0.455. The van der Waals surface area contributed by atoms with E-state index in [9.17, 15) is 4.79 Å². The van der Waals surface area contributed by atoms with Gasteiger partial charge in [0, 0.05) is 18.4 Å². The summed E-state index contributed by atoms with van der Waals surface area (Å²) in [4.78, 5) is 19.4. The first-order valence-electron chi connectivity index (χ1n) is 3.88. The minimum atomic E-state index is -0.455. The van der Waals surface area contributed by atoms with Crippen LogP contribution in [-0.2, 0) is 9.53 Å². The van der Waals surface area contributed by atoms with Gasteiger partial charge in [-0.05, 0) is 0 Å². The van der Waals surface area contributed by atoms with Gasteiger partial charge in [-0.2, -0.15) is 0 Å². The van der Waals surface area contributed by atoms with Crippen molar-refractivity contribution < 1.29 is 9.53 Å². The van der Waals surface area contributed by atoms with E-state index in [1.807, 2.05) is 0 Å². The Kier molecular flexibility index (Phi) is 1.81. The normalized spacial score (nSPS) is 25.0. The summed E-state index contributed by atoms with van der Waals surface area (Å²) in [7, 11) is 1.55. The lowest BCUT2D eigenvalue weighted by molar-refractivity contribution is -0.114. The van der Waals surface area contributed by atoms with E-state index in [0.29, 0.717) is 11.5 Å². The van der Waals surface area contributed by atoms with Crippen molar-refractivity contribution in [2.45, 2.75) is 6.04 Å². The van der Waals surface area contributed by atoms with Crippen molar-refractivity contribution in [3.63, 3.8) is 0 Å². The molecule has 66 valence electrons. The number of aliphatic imine (C=N–C) groups is 2. The van der Waals surface area contributed by atoms with E-state index >= 15 is 0 Å². The Labute approximate surface area is 75.3 Å². The maximum absolute atomic E-state index is 11.3. The zero-order chi connectivity index (χ0) is 9.26. The molecule has 1 atom stereocenters. The number of ether oxygens (including phenoxy) is 1. The molecule has 2 aliphatic heterocycles. The number of dihydropyridines is 1. The van der Waals surface area contributed by atoms with Gasteiger partial charge in [-0.25, -0.2) is 0 Å². The third-order valence-electron chi connectivity index (χ3n) is 1.89. The van der Waals surface area contributed by atoms with Crippen molar-refractivity contribution in [2.75, 3.05) is 7.11 Å². The summed E-state index contributed by atoms with van der Waals surface area (Å²) >= 11 is 0. The number of carbonyl (C=O) groups is 1.